The largest absolute Gasteiger partial charge is 0.508 e. The van der Waals surface area contributed by atoms with Gasteiger partial charge in [-0.15, -0.1) is 0 Å². The monoisotopic (exact) mass is 329 g/mol. The Labute approximate surface area is 131 Å². The molecule has 0 amide bonds. The van der Waals surface area contributed by atoms with Crippen LogP contribution < -0.4 is 10.0 Å². The summed E-state index contributed by atoms with van der Waals surface area (Å²) >= 11 is 0. The normalized spacial score (nSPS) is 12.5. The Kier molecular flexibility index (Phi) is 6.70. The van der Waals surface area contributed by atoms with E-state index in [1.54, 1.807) is 6.07 Å². The van der Waals surface area contributed by atoms with Crippen LogP contribution in [0.5, 0.6) is 11.5 Å². The van der Waals surface area contributed by atoms with Gasteiger partial charge in [0.25, 0.3) is 0 Å². The van der Waals surface area contributed by atoms with E-state index in [-0.39, 0.29) is 0 Å². The molecule has 0 radical (unpaired) electrons. The standard InChI is InChI=1S/C16H29O3PSi/c1-7-19-21(5,6)12-8-11-18-15-10-9-14(17)13-16(15)20(2,3)4/h9-10,13H,7-8,11-12H2,1-6H3/p+1. The van der Waals surface area contributed by atoms with Crippen molar-refractivity contribution in [2.24, 2.45) is 0 Å². The van der Waals surface area contributed by atoms with Crippen molar-refractivity contribution in [3.05, 3.63) is 18.2 Å². The number of phenols is 1. The van der Waals surface area contributed by atoms with Crippen LogP contribution in [0, 0.1) is 0 Å². The number of hydrogen-bond acceptors (Lipinski definition) is 3. The van der Waals surface area contributed by atoms with Gasteiger partial charge in [0.1, 0.15) is 11.1 Å². The number of phenolic OH excluding ortho intramolecular Hbond substituents is 1. The fourth-order valence-electron chi connectivity index (χ4n) is 2.29. The van der Waals surface area contributed by atoms with Crippen molar-refractivity contribution in [1.29, 1.82) is 0 Å². The molecular formula is C16H30O3PSi+. The number of benzene rings is 1. The van der Waals surface area contributed by atoms with Crippen LogP contribution in [0.2, 0.25) is 19.1 Å². The third-order valence-electron chi connectivity index (χ3n) is 3.38. The highest BCUT2D eigenvalue weighted by molar-refractivity contribution is 7.81. The van der Waals surface area contributed by atoms with E-state index in [1.807, 2.05) is 12.1 Å². The maximum absolute atomic E-state index is 9.69. The van der Waals surface area contributed by atoms with Crippen molar-refractivity contribution in [2.45, 2.75) is 32.5 Å². The lowest BCUT2D eigenvalue weighted by atomic mass is 10.3. The fraction of sp³-hybridized carbons (Fsp3) is 0.625. The summed E-state index contributed by atoms with van der Waals surface area (Å²) in [5.41, 5.74) is 0. The SMILES string of the molecule is CCO[Si](C)(C)CCCOc1ccc(O)cc1[P+](C)(C)C. The molecule has 0 fully saturated rings. The molecule has 5 heteroatoms. The summed E-state index contributed by atoms with van der Waals surface area (Å²) in [6.07, 6.45) is 1.02. The average Bonchev–Trinajstić information content (AvgIpc) is 2.34. The van der Waals surface area contributed by atoms with Gasteiger partial charge in [0.05, 0.1) is 26.6 Å². The Hall–Kier alpha value is -0.573. The Morgan fingerprint density at radius 2 is 1.86 bits per heavy atom. The molecule has 0 saturated heterocycles. The third-order valence-corrected chi connectivity index (χ3v) is 7.80. The van der Waals surface area contributed by atoms with Crippen LogP contribution in [0.4, 0.5) is 0 Å². The molecule has 0 saturated carbocycles. The Balaban J connectivity index is 2.60. The number of ether oxygens (including phenoxy) is 1. The van der Waals surface area contributed by atoms with Gasteiger partial charge in [-0.25, -0.2) is 0 Å². The van der Waals surface area contributed by atoms with Gasteiger partial charge in [-0.05, 0) is 44.6 Å². The quantitative estimate of drug-likeness (QED) is 0.446. The molecule has 0 aliphatic carbocycles. The first-order valence-electron chi connectivity index (χ1n) is 7.57. The second-order valence-electron chi connectivity index (χ2n) is 6.81. The van der Waals surface area contributed by atoms with Crippen LogP contribution in [0.3, 0.4) is 0 Å². The lowest BCUT2D eigenvalue weighted by Crippen LogP contribution is -2.30. The minimum Gasteiger partial charge on any atom is -0.508 e. The van der Waals surface area contributed by atoms with Crippen LogP contribution in [0.1, 0.15) is 13.3 Å². The van der Waals surface area contributed by atoms with Crippen molar-refractivity contribution in [3.63, 3.8) is 0 Å². The molecule has 0 bridgehead atoms. The van der Waals surface area contributed by atoms with Crippen LogP contribution in [0.15, 0.2) is 18.2 Å². The maximum Gasteiger partial charge on any atom is 0.186 e. The van der Waals surface area contributed by atoms with Gasteiger partial charge in [-0.2, -0.15) is 0 Å². The number of hydrogen-bond donors (Lipinski definition) is 1. The second-order valence-corrected chi connectivity index (χ2v) is 15.6. The molecule has 0 aliphatic rings. The molecule has 1 rings (SSSR count). The molecule has 1 aromatic rings. The molecule has 0 aromatic heterocycles. The smallest absolute Gasteiger partial charge is 0.186 e. The molecular weight excluding hydrogens is 299 g/mol. The molecule has 0 spiro atoms. The van der Waals surface area contributed by atoms with Crippen LogP contribution >= 0.6 is 7.26 Å². The lowest BCUT2D eigenvalue weighted by Gasteiger charge is -2.22. The highest BCUT2D eigenvalue weighted by Gasteiger charge is 2.27. The first-order chi connectivity index (χ1) is 9.65. The Morgan fingerprint density at radius 3 is 2.43 bits per heavy atom. The first-order valence-corrected chi connectivity index (χ1v) is 13.8. The van der Waals surface area contributed by atoms with Crippen molar-refractivity contribution >= 4 is 20.9 Å². The molecule has 1 aromatic carbocycles. The van der Waals surface area contributed by atoms with Gasteiger partial charge in [0, 0.05) is 19.9 Å². The van der Waals surface area contributed by atoms with E-state index >= 15 is 0 Å². The Morgan fingerprint density at radius 1 is 1.19 bits per heavy atom. The first kappa shape index (κ1) is 18.5. The topological polar surface area (TPSA) is 38.7 Å². The highest BCUT2D eigenvalue weighted by Crippen LogP contribution is 2.48. The molecule has 0 heterocycles. The van der Waals surface area contributed by atoms with E-state index in [2.05, 4.69) is 40.0 Å². The van der Waals surface area contributed by atoms with Gasteiger partial charge in [-0.3, -0.25) is 0 Å². The van der Waals surface area contributed by atoms with Gasteiger partial charge >= 0.3 is 0 Å². The third kappa shape index (κ3) is 6.37. The maximum atomic E-state index is 9.69. The predicted octanol–water partition coefficient (Wildman–Crippen LogP) is 3.94. The number of rotatable bonds is 8. The summed E-state index contributed by atoms with van der Waals surface area (Å²) in [6.45, 7) is 14.8. The zero-order valence-corrected chi connectivity index (χ0v) is 16.2. The van der Waals surface area contributed by atoms with Crippen molar-refractivity contribution in [1.82, 2.24) is 0 Å². The predicted molar refractivity (Wildman–Crippen MR) is 96.5 cm³/mol. The Bertz CT molecular complexity index is 455. The fourth-order valence-corrected chi connectivity index (χ4v) is 5.54. The van der Waals surface area contributed by atoms with Gasteiger partial charge in [-0.1, -0.05) is 0 Å². The summed E-state index contributed by atoms with van der Waals surface area (Å²) in [5, 5.41) is 10.8. The summed E-state index contributed by atoms with van der Waals surface area (Å²) in [6, 6.07) is 6.55. The zero-order chi connectivity index (χ0) is 16.1. The molecule has 0 atom stereocenters. The van der Waals surface area contributed by atoms with E-state index < -0.39 is 15.6 Å². The van der Waals surface area contributed by atoms with Crippen LogP contribution in [0.25, 0.3) is 0 Å². The van der Waals surface area contributed by atoms with Crippen molar-refractivity contribution < 1.29 is 14.3 Å². The zero-order valence-electron chi connectivity index (χ0n) is 14.3. The van der Waals surface area contributed by atoms with Crippen molar-refractivity contribution in [2.75, 3.05) is 33.2 Å². The second kappa shape index (κ2) is 7.62. The van der Waals surface area contributed by atoms with Gasteiger partial charge in [0.2, 0.25) is 0 Å². The molecule has 0 unspecified atom stereocenters. The van der Waals surface area contributed by atoms with E-state index in [9.17, 15) is 5.11 Å². The number of aromatic hydroxyl groups is 1. The molecule has 21 heavy (non-hydrogen) atoms. The summed E-state index contributed by atoms with van der Waals surface area (Å²) in [5.74, 6) is 1.24. The van der Waals surface area contributed by atoms with Gasteiger partial charge < -0.3 is 14.3 Å². The summed E-state index contributed by atoms with van der Waals surface area (Å²) < 4.78 is 11.8. The summed E-state index contributed by atoms with van der Waals surface area (Å²) in [4.78, 5) is 0. The molecule has 1 N–H and O–H groups in total. The van der Waals surface area contributed by atoms with Crippen LogP contribution in [-0.4, -0.2) is 46.6 Å². The minimum absolute atomic E-state index is 0.317. The lowest BCUT2D eigenvalue weighted by molar-refractivity contribution is 0.302. The van der Waals surface area contributed by atoms with E-state index in [0.29, 0.717) is 12.4 Å². The van der Waals surface area contributed by atoms with Crippen molar-refractivity contribution in [3.8, 4) is 11.5 Å². The van der Waals surface area contributed by atoms with E-state index in [4.69, 9.17) is 9.16 Å². The minimum atomic E-state index is -1.51. The highest BCUT2D eigenvalue weighted by atomic mass is 31.2. The average molecular weight is 329 g/mol. The van der Waals surface area contributed by atoms with Crippen LogP contribution in [-0.2, 0) is 4.43 Å². The molecule has 120 valence electrons. The summed E-state index contributed by atoms with van der Waals surface area (Å²) in [7, 11) is -2.74. The molecule has 0 aliphatic heterocycles. The van der Waals surface area contributed by atoms with E-state index in [0.717, 1.165) is 30.1 Å². The van der Waals surface area contributed by atoms with E-state index in [1.165, 1.54) is 0 Å². The molecule has 3 nitrogen and oxygen atoms in total. The van der Waals surface area contributed by atoms with Gasteiger partial charge in [0.15, 0.2) is 14.1 Å².